The molecule has 1 saturated heterocycles. The van der Waals surface area contributed by atoms with E-state index in [1.54, 1.807) is 13.3 Å². The molecular formula is C11H17N3OS2. The van der Waals surface area contributed by atoms with Crippen LogP contribution in [-0.4, -0.2) is 47.5 Å². The molecule has 4 nitrogen and oxygen atoms in total. The Labute approximate surface area is 111 Å². The van der Waals surface area contributed by atoms with Gasteiger partial charge in [-0.3, -0.25) is 9.88 Å². The van der Waals surface area contributed by atoms with E-state index < -0.39 is 0 Å². The van der Waals surface area contributed by atoms with E-state index in [2.05, 4.69) is 25.8 Å². The number of hydrogen-bond acceptors (Lipinski definition) is 6. The molecular weight excluding hydrogens is 254 g/mol. The maximum absolute atomic E-state index is 5.09. The second-order valence-corrected chi connectivity index (χ2v) is 5.15. The third kappa shape index (κ3) is 3.77. The molecule has 6 heteroatoms. The van der Waals surface area contributed by atoms with Gasteiger partial charge in [-0.25, -0.2) is 4.31 Å². The van der Waals surface area contributed by atoms with Crippen LogP contribution in [0.4, 0.5) is 0 Å². The molecule has 0 amide bonds. The zero-order chi connectivity index (χ0) is 12.1. The average Bonchev–Trinajstić information content (AvgIpc) is 2.40. The van der Waals surface area contributed by atoms with Gasteiger partial charge in [0.25, 0.3) is 0 Å². The van der Waals surface area contributed by atoms with Crippen molar-refractivity contribution in [2.45, 2.75) is 6.54 Å². The summed E-state index contributed by atoms with van der Waals surface area (Å²) in [5.74, 6) is 0.810. The molecule has 0 saturated carbocycles. The zero-order valence-electron chi connectivity index (χ0n) is 9.87. The minimum atomic E-state index is 0.810. The summed E-state index contributed by atoms with van der Waals surface area (Å²) in [6.07, 6.45) is 1.77. The first-order chi connectivity index (χ1) is 8.31. The highest BCUT2D eigenvalue weighted by atomic mass is 33.1. The predicted octanol–water partition coefficient (Wildman–Crippen LogP) is 1.70. The van der Waals surface area contributed by atoms with Crippen molar-refractivity contribution in [1.82, 2.24) is 14.2 Å². The molecule has 1 fully saturated rings. The van der Waals surface area contributed by atoms with Crippen molar-refractivity contribution in [3.8, 4) is 5.75 Å². The number of pyridine rings is 1. The molecule has 0 N–H and O–H groups in total. The largest absolute Gasteiger partial charge is 0.495 e. The summed E-state index contributed by atoms with van der Waals surface area (Å²) >= 11 is 4.21. The van der Waals surface area contributed by atoms with E-state index in [9.17, 15) is 0 Å². The molecule has 94 valence electrons. The van der Waals surface area contributed by atoms with Crippen LogP contribution in [0.2, 0.25) is 0 Å². The van der Waals surface area contributed by atoms with Gasteiger partial charge >= 0.3 is 0 Å². The Kier molecular flexibility index (Phi) is 4.97. The number of hydrogen-bond donors (Lipinski definition) is 1. The summed E-state index contributed by atoms with van der Waals surface area (Å²) in [7, 11) is 3.19. The fourth-order valence-electron chi connectivity index (χ4n) is 1.82. The monoisotopic (exact) mass is 271 g/mol. The molecule has 1 aliphatic heterocycles. The van der Waals surface area contributed by atoms with Crippen LogP contribution in [0.25, 0.3) is 0 Å². The standard InChI is InChI=1S/C11H17N3OS2/c1-15-11-3-2-10(12-8-11)9-13-4-6-14(17-16)7-5-13/h2-3,8,16H,4-7,9H2,1H3. The summed E-state index contributed by atoms with van der Waals surface area (Å²) in [6, 6.07) is 3.99. The molecule has 0 aromatic carbocycles. The van der Waals surface area contributed by atoms with Crippen molar-refractivity contribution in [2.24, 2.45) is 0 Å². The summed E-state index contributed by atoms with van der Waals surface area (Å²) < 4.78 is 7.36. The van der Waals surface area contributed by atoms with Crippen molar-refractivity contribution in [2.75, 3.05) is 33.3 Å². The lowest BCUT2D eigenvalue weighted by Gasteiger charge is -2.32. The number of thiol groups is 1. The molecule has 0 bridgehead atoms. The van der Waals surface area contributed by atoms with Gasteiger partial charge in [-0.05, 0) is 23.1 Å². The molecule has 0 atom stereocenters. The van der Waals surface area contributed by atoms with Gasteiger partial charge in [0.15, 0.2) is 0 Å². The highest BCUT2D eigenvalue weighted by molar-refractivity contribution is 8.67. The van der Waals surface area contributed by atoms with Gasteiger partial charge in [0.1, 0.15) is 5.75 Å². The normalized spacial score (nSPS) is 18.2. The third-order valence-electron chi connectivity index (χ3n) is 2.87. The fraction of sp³-hybridized carbons (Fsp3) is 0.545. The number of piperazine rings is 1. The van der Waals surface area contributed by atoms with E-state index in [1.165, 1.54) is 11.0 Å². The summed E-state index contributed by atoms with van der Waals surface area (Å²) in [4.78, 5) is 6.79. The first-order valence-electron chi connectivity index (χ1n) is 5.59. The summed E-state index contributed by atoms with van der Waals surface area (Å²) in [6.45, 7) is 5.17. The van der Waals surface area contributed by atoms with Crippen LogP contribution >= 0.6 is 22.6 Å². The Bertz CT molecular complexity index is 339. The minimum absolute atomic E-state index is 0.810. The van der Waals surface area contributed by atoms with Gasteiger partial charge in [0.05, 0.1) is 19.0 Å². The molecule has 2 heterocycles. The third-order valence-corrected chi connectivity index (χ3v) is 4.15. The lowest BCUT2D eigenvalue weighted by atomic mass is 10.3. The zero-order valence-corrected chi connectivity index (χ0v) is 11.6. The Morgan fingerprint density at radius 3 is 2.65 bits per heavy atom. The van der Waals surface area contributed by atoms with Gasteiger partial charge in [0, 0.05) is 32.7 Å². The quantitative estimate of drug-likeness (QED) is 0.511. The fourth-order valence-corrected chi connectivity index (χ4v) is 2.64. The van der Waals surface area contributed by atoms with Crippen molar-refractivity contribution in [1.29, 1.82) is 0 Å². The number of ether oxygens (including phenoxy) is 1. The van der Waals surface area contributed by atoms with Crippen molar-refractivity contribution >= 4 is 22.6 Å². The number of rotatable bonds is 4. The van der Waals surface area contributed by atoms with Crippen molar-refractivity contribution in [3.63, 3.8) is 0 Å². The maximum Gasteiger partial charge on any atom is 0.137 e. The van der Waals surface area contributed by atoms with Crippen LogP contribution in [0.3, 0.4) is 0 Å². The average molecular weight is 271 g/mol. The van der Waals surface area contributed by atoms with E-state index >= 15 is 0 Å². The Balaban J connectivity index is 1.84. The molecule has 2 rings (SSSR count). The smallest absolute Gasteiger partial charge is 0.137 e. The lowest BCUT2D eigenvalue weighted by molar-refractivity contribution is 0.188. The van der Waals surface area contributed by atoms with E-state index in [0.29, 0.717) is 0 Å². The highest BCUT2D eigenvalue weighted by Crippen LogP contribution is 2.17. The minimum Gasteiger partial charge on any atom is -0.495 e. The lowest BCUT2D eigenvalue weighted by Crippen LogP contribution is -2.42. The number of aromatic nitrogens is 1. The second kappa shape index (κ2) is 6.49. The van der Waals surface area contributed by atoms with E-state index in [0.717, 1.165) is 44.2 Å². The van der Waals surface area contributed by atoms with Crippen molar-refractivity contribution in [3.05, 3.63) is 24.0 Å². The maximum atomic E-state index is 5.09. The van der Waals surface area contributed by atoms with E-state index in [-0.39, 0.29) is 0 Å². The highest BCUT2D eigenvalue weighted by Gasteiger charge is 2.16. The topological polar surface area (TPSA) is 28.6 Å². The first-order valence-corrected chi connectivity index (χ1v) is 7.42. The van der Waals surface area contributed by atoms with Gasteiger partial charge in [-0.15, -0.1) is 0 Å². The molecule has 0 spiro atoms. The summed E-state index contributed by atoms with van der Waals surface area (Å²) in [5.41, 5.74) is 1.10. The van der Waals surface area contributed by atoms with Crippen LogP contribution in [0.5, 0.6) is 5.75 Å². The number of methoxy groups -OCH3 is 1. The van der Waals surface area contributed by atoms with Crippen molar-refractivity contribution < 1.29 is 4.74 Å². The SMILES string of the molecule is COc1ccc(CN2CCN(SS)CC2)nc1. The Morgan fingerprint density at radius 2 is 2.12 bits per heavy atom. The van der Waals surface area contributed by atoms with Crippen LogP contribution in [-0.2, 0) is 6.54 Å². The molecule has 0 aliphatic carbocycles. The van der Waals surface area contributed by atoms with Crippen LogP contribution in [0.1, 0.15) is 5.69 Å². The van der Waals surface area contributed by atoms with Gasteiger partial charge < -0.3 is 4.74 Å². The van der Waals surface area contributed by atoms with Gasteiger partial charge in [-0.1, -0.05) is 11.7 Å². The molecule has 0 radical (unpaired) electrons. The van der Waals surface area contributed by atoms with Crippen LogP contribution in [0.15, 0.2) is 18.3 Å². The van der Waals surface area contributed by atoms with Crippen LogP contribution in [0, 0.1) is 0 Å². The first kappa shape index (κ1) is 13.0. The Morgan fingerprint density at radius 1 is 1.35 bits per heavy atom. The second-order valence-electron chi connectivity index (χ2n) is 3.98. The van der Waals surface area contributed by atoms with Crippen LogP contribution < -0.4 is 4.74 Å². The van der Waals surface area contributed by atoms with Gasteiger partial charge in [-0.2, -0.15) is 0 Å². The summed E-state index contributed by atoms with van der Waals surface area (Å²) in [5, 5.41) is 0. The molecule has 1 aromatic rings. The molecule has 1 aliphatic rings. The Hall–Kier alpha value is -0.430. The molecule has 17 heavy (non-hydrogen) atoms. The number of nitrogens with zero attached hydrogens (tertiary/aromatic N) is 3. The van der Waals surface area contributed by atoms with E-state index in [4.69, 9.17) is 4.74 Å². The van der Waals surface area contributed by atoms with Gasteiger partial charge in [0.2, 0.25) is 0 Å². The predicted molar refractivity (Wildman–Crippen MR) is 74.2 cm³/mol. The van der Waals surface area contributed by atoms with E-state index in [1.807, 2.05) is 12.1 Å². The molecule has 1 aromatic heterocycles. The molecule has 0 unspecified atom stereocenters.